The maximum atomic E-state index is 10.2. The third kappa shape index (κ3) is 20.6. The van der Waals surface area contributed by atoms with Crippen molar-refractivity contribution in [2.75, 3.05) is 13.2 Å². The van der Waals surface area contributed by atoms with Crippen LogP contribution in [-0.4, -0.2) is 35.5 Å². The van der Waals surface area contributed by atoms with Gasteiger partial charge in [-0.1, -0.05) is 69.1 Å². The SMILES string of the molecule is CCCCCC(O)/C=C\C/C=C\C/C=C\CCCCCOCC(=O)O. The molecule has 0 amide bonds. The van der Waals surface area contributed by atoms with Gasteiger partial charge in [-0.2, -0.15) is 0 Å². The zero-order valence-electron chi connectivity index (χ0n) is 15.7. The predicted molar refractivity (Wildman–Crippen MR) is 104 cm³/mol. The number of aliphatic hydroxyl groups excluding tert-OH is 1. The normalized spacial score (nSPS) is 13.4. The van der Waals surface area contributed by atoms with E-state index in [1.54, 1.807) is 0 Å². The molecule has 1 unspecified atom stereocenters. The molecule has 0 aliphatic heterocycles. The molecule has 0 aromatic rings. The fraction of sp³-hybridized carbons (Fsp3) is 0.667. The molecule has 144 valence electrons. The first-order valence-electron chi connectivity index (χ1n) is 9.61. The van der Waals surface area contributed by atoms with Gasteiger partial charge in [-0.15, -0.1) is 0 Å². The summed E-state index contributed by atoms with van der Waals surface area (Å²) in [6.07, 6.45) is 22.5. The van der Waals surface area contributed by atoms with E-state index in [2.05, 4.69) is 31.2 Å². The Morgan fingerprint density at radius 1 is 0.960 bits per heavy atom. The summed E-state index contributed by atoms with van der Waals surface area (Å²) in [4.78, 5) is 10.2. The molecule has 0 spiro atoms. The van der Waals surface area contributed by atoms with Crippen molar-refractivity contribution < 1.29 is 19.7 Å². The molecule has 0 aliphatic rings. The Hall–Kier alpha value is -1.39. The molecule has 4 nitrogen and oxygen atoms in total. The number of carboxylic acid groups (broad SMARTS) is 1. The third-order valence-corrected chi connectivity index (χ3v) is 3.72. The van der Waals surface area contributed by atoms with E-state index in [4.69, 9.17) is 9.84 Å². The number of carbonyl (C=O) groups is 1. The first-order valence-corrected chi connectivity index (χ1v) is 9.61. The van der Waals surface area contributed by atoms with Gasteiger partial charge in [0.25, 0.3) is 0 Å². The summed E-state index contributed by atoms with van der Waals surface area (Å²) in [6.45, 7) is 2.50. The van der Waals surface area contributed by atoms with Crippen LogP contribution < -0.4 is 0 Å². The summed E-state index contributed by atoms with van der Waals surface area (Å²) in [7, 11) is 0. The van der Waals surface area contributed by atoms with Crippen molar-refractivity contribution in [1.82, 2.24) is 0 Å². The van der Waals surface area contributed by atoms with Crippen LogP contribution in [0.2, 0.25) is 0 Å². The second kappa shape index (κ2) is 18.9. The summed E-state index contributed by atoms with van der Waals surface area (Å²) in [5.74, 6) is -0.908. The molecule has 0 aromatic heterocycles. The molecule has 0 radical (unpaired) electrons. The molecular formula is C21H36O4. The van der Waals surface area contributed by atoms with E-state index < -0.39 is 5.97 Å². The Bertz CT molecular complexity index is 385. The average molecular weight is 353 g/mol. The average Bonchev–Trinajstić information content (AvgIpc) is 2.58. The zero-order chi connectivity index (χ0) is 18.6. The second-order valence-electron chi connectivity index (χ2n) is 6.20. The van der Waals surface area contributed by atoms with Crippen LogP contribution in [-0.2, 0) is 9.53 Å². The molecule has 2 N–H and O–H groups in total. The molecule has 0 rings (SSSR count). The molecular weight excluding hydrogens is 316 g/mol. The minimum atomic E-state index is -0.908. The van der Waals surface area contributed by atoms with E-state index in [9.17, 15) is 9.90 Å². The number of hydrogen-bond acceptors (Lipinski definition) is 3. The van der Waals surface area contributed by atoms with Crippen molar-refractivity contribution in [3.63, 3.8) is 0 Å². The first-order chi connectivity index (χ1) is 12.2. The van der Waals surface area contributed by atoms with Gasteiger partial charge in [-0.3, -0.25) is 0 Å². The van der Waals surface area contributed by atoms with Crippen molar-refractivity contribution in [2.24, 2.45) is 0 Å². The van der Waals surface area contributed by atoms with Crippen LogP contribution in [0, 0.1) is 0 Å². The number of aliphatic carboxylic acids is 1. The summed E-state index contributed by atoms with van der Waals surface area (Å²) in [6, 6.07) is 0. The number of unbranched alkanes of at least 4 members (excludes halogenated alkanes) is 5. The molecule has 0 saturated heterocycles. The fourth-order valence-corrected chi connectivity index (χ4v) is 2.30. The fourth-order valence-electron chi connectivity index (χ4n) is 2.30. The lowest BCUT2D eigenvalue weighted by atomic mass is 10.1. The topological polar surface area (TPSA) is 66.8 Å². The quantitative estimate of drug-likeness (QED) is 0.284. The molecule has 1 atom stereocenters. The van der Waals surface area contributed by atoms with E-state index >= 15 is 0 Å². The Kier molecular flexibility index (Phi) is 17.9. The summed E-state index contributed by atoms with van der Waals surface area (Å²) < 4.78 is 4.98. The maximum absolute atomic E-state index is 10.2. The van der Waals surface area contributed by atoms with Gasteiger partial charge in [-0.25, -0.2) is 4.79 Å². The number of hydrogen-bond donors (Lipinski definition) is 2. The molecule has 0 aliphatic carbocycles. The zero-order valence-corrected chi connectivity index (χ0v) is 15.7. The Labute approximate surface area is 153 Å². The molecule has 25 heavy (non-hydrogen) atoms. The van der Waals surface area contributed by atoms with Gasteiger partial charge < -0.3 is 14.9 Å². The second-order valence-corrected chi connectivity index (χ2v) is 6.20. The summed E-state index contributed by atoms with van der Waals surface area (Å²) in [5, 5.41) is 18.1. The predicted octanol–water partition coefficient (Wildman–Crippen LogP) is 5.04. The van der Waals surface area contributed by atoms with Crippen LogP contribution in [0.4, 0.5) is 0 Å². The maximum Gasteiger partial charge on any atom is 0.329 e. The molecule has 4 heteroatoms. The van der Waals surface area contributed by atoms with E-state index in [1.165, 1.54) is 12.8 Å². The van der Waals surface area contributed by atoms with Gasteiger partial charge in [0.2, 0.25) is 0 Å². The van der Waals surface area contributed by atoms with Crippen LogP contribution in [0.3, 0.4) is 0 Å². The molecule has 0 aromatic carbocycles. The number of allylic oxidation sites excluding steroid dienone is 5. The van der Waals surface area contributed by atoms with Gasteiger partial charge in [0.1, 0.15) is 6.61 Å². The standard InChI is InChI=1S/C21H36O4/c1-2-3-13-16-20(22)17-14-11-9-7-5-4-6-8-10-12-15-18-25-19-21(23)24/h4,6-7,9,14,17,20,22H,2-3,5,8,10-13,15-16,18-19H2,1H3,(H,23,24)/b6-4-,9-7-,17-14-. The van der Waals surface area contributed by atoms with Crippen molar-refractivity contribution in [3.8, 4) is 0 Å². The number of rotatable bonds is 17. The van der Waals surface area contributed by atoms with E-state index in [0.717, 1.165) is 51.4 Å². The van der Waals surface area contributed by atoms with E-state index in [0.29, 0.717) is 6.61 Å². The summed E-state index contributed by atoms with van der Waals surface area (Å²) in [5.41, 5.74) is 0. The van der Waals surface area contributed by atoms with Crippen LogP contribution in [0.1, 0.15) is 71.1 Å². The van der Waals surface area contributed by atoms with Crippen LogP contribution in [0.25, 0.3) is 0 Å². The van der Waals surface area contributed by atoms with Crippen LogP contribution >= 0.6 is 0 Å². The van der Waals surface area contributed by atoms with Crippen LogP contribution in [0.15, 0.2) is 36.5 Å². The van der Waals surface area contributed by atoms with Gasteiger partial charge >= 0.3 is 5.97 Å². The molecule has 0 saturated carbocycles. The smallest absolute Gasteiger partial charge is 0.329 e. The monoisotopic (exact) mass is 352 g/mol. The number of carboxylic acids is 1. The highest BCUT2D eigenvalue weighted by Gasteiger charge is 1.97. The minimum Gasteiger partial charge on any atom is -0.480 e. The lowest BCUT2D eigenvalue weighted by molar-refractivity contribution is -0.142. The molecule has 0 fully saturated rings. The highest BCUT2D eigenvalue weighted by atomic mass is 16.5. The lowest BCUT2D eigenvalue weighted by Gasteiger charge is -2.03. The number of ether oxygens (including phenoxy) is 1. The van der Waals surface area contributed by atoms with E-state index in [-0.39, 0.29) is 12.7 Å². The van der Waals surface area contributed by atoms with Gasteiger partial charge in [0.05, 0.1) is 6.10 Å². The van der Waals surface area contributed by atoms with Crippen molar-refractivity contribution >= 4 is 5.97 Å². The first kappa shape index (κ1) is 23.6. The van der Waals surface area contributed by atoms with Gasteiger partial charge in [-0.05, 0) is 38.5 Å². The Balaban J connectivity index is 3.41. The van der Waals surface area contributed by atoms with Gasteiger partial charge in [0.15, 0.2) is 0 Å². The highest BCUT2D eigenvalue weighted by molar-refractivity contribution is 5.67. The molecule has 0 heterocycles. The van der Waals surface area contributed by atoms with Crippen molar-refractivity contribution in [1.29, 1.82) is 0 Å². The molecule has 0 bridgehead atoms. The van der Waals surface area contributed by atoms with Crippen LogP contribution in [0.5, 0.6) is 0 Å². The third-order valence-electron chi connectivity index (χ3n) is 3.72. The summed E-state index contributed by atoms with van der Waals surface area (Å²) >= 11 is 0. The van der Waals surface area contributed by atoms with Crippen molar-refractivity contribution in [3.05, 3.63) is 36.5 Å². The largest absolute Gasteiger partial charge is 0.480 e. The van der Waals surface area contributed by atoms with E-state index in [1.807, 2.05) is 12.2 Å². The Morgan fingerprint density at radius 3 is 2.40 bits per heavy atom. The Morgan fingerprint density at radius 2 is 1.68 bits per heavy atom. The van der Waals surface area contributed by atoms with Crippen molar-refractivity contribution in [2.45, 2.75) is 77.2 Å². The highest BCUT2D eigenvalue weighted by Crippen LogP contribution is 2.05. The van der Waals surface area contributed by atoms with Gasteiger partial charge in [0, 0.05) is 6.61 Å². The number of aliphatic hydroxyl groups is 1. The lowest BCUT2D eigenvalue weighted by Crippen LogP contribution is -2.07. The minimum absolute atomic E-state index is 0.195.